The molecule has 0 saturated carbocycles. The van der Waals surface area contributed by atoms with Crippen molar-refractivity contribution in [2.75, 3.05) is 27.2 Å². The summed E-state index contributed by atoms with van der Waals surface area (Å²) in [5, 5.41) is 4.15. The van der Waals surface area contributed by atoms with E-state index in [1.807, 2.05) is 13.2 Å². The van der Waals surface area contributed by atoms with Crippen LogP contribution in [-0.4, -0.2) is 64.0 Å². The van der Waals surface area contributed by atoms with Gasteiger partial charge in [-0.05, 0) is 18.8 Å². The molecule has 0 radical (unpaired) electrons. The summed E-state index contributed by atoms with van der Waals surface area (Å²) in [6.45, 7) is 1.08. The number of hydrogen-bond acceptors (Lipinski definition) is 5. The van der Waals surface area contributed by atoms with Crippen molar-refractivity contribution in [2.24, 2.45) is 13.0 Å². The van der Waals surface area contributed by atoms with Gasteiger partial charge in [-0.1, -0.05) is 0 Å². The number of aromatic nitrogens is 4. The molecule has 1 saturated heterocycles. The zero-order valence-corrected chi connectivity index (χ0v) is 14.9. The number of rotatable bonds is 5. The van der Waals surface area contributed by atoms with Gasteiger partial charge in [0, 0.05) is 52.2 Å². The molecule has 2 aromatic heterocycles. The average molecular weight is 350 g/mol. The molecular weight excluding hydrogens is 328 g/mol. The first-order chi connectivity index (χ1) is 11.4. The van der Waals surface area contributed by atoms with E-state index in [0.29, 0.717) is 13.1 Å². The van der Waals surface area contributed by atoms with E-state index in [4.69, 9.17) is 0 Å². The van der Waals surface area contributed by atoms with E-state index in [0.717, 1.165) is 29.8 Å². The van der Waals surface area contributed by atoms with Gasteiger partial charge in [-0.25, -0.2) is 4.98 Å². The Hall–Kier alpha value is -1.84. The lowest BCUT2D eigenvalue weighted by Crippen LogP contribution is -2.38. The molecule has 3 rings (SSSR count). The summed E-state index contributed by atoms with van der Waals surface area (Å²) in [6, 6.07) is 0. The second-order valence-electron chi connectivity index (χ2n) is 6.31. The highest BCUT2D eigenvalue weighted by molar-refractivity contribution is 7.86. The second kappa shape index (κ2) is 6.58. The second-order valence-corrected chi connectivity index (χ2v) is 8.45. The van der Waals surface area contributed by atoms with Crippen LogP contribution in [0.1, 0.15) is 12.1 Å². The molecular formula is C15H22N6O2S. The minimum absolute atomic E-state index is 0.262. The highest BCUT2D eigenvalue weighted by atomic mass is 32.2. The van der Waals surface area contributed by atoms with Gasteiger partial charge in [-0.2, -0.15) is 22.1 Å². The first-order valence-corrected chi connectivity index (χ1v) is 9.23. The van der Waals surface area contributed by atoms with Gasteiger partial charge in [0.25, 0.3) is 10.2 Å². The fraction of sp³-hybridized carbons (Fsp3) is 0.533. The summed E-state index contributed by atoms with van der Waals surface area (Å²) in [6.07, 6.45) is 8.69. The van der Waals surface area contributed by atoms with E-state index in [1.54, 1.807) is 37.4 Å². The molecule has 0 unspecified atom stereocenters. The van der Waals surface area contributed by atoms with Crippen molar-refractivity contribution in [1.82, 2.24) is 28.4 Å². The molecule has 0 aliphatic carbocycles. The molecule has 0 N–H and O–H groups in total. The molecule has 0 bridgehead atoms. The molecule has 24 heavy (non-hydrogen) atoms. The van der Waals surface area contributed by atoms with Crippen LogP contribution in [0.2, 0.25) is 0 Å². The molecule has 1 aliphatic heterocycles. The van der Waals surface area contributed by atoms with Crippen LogP contribution in [0.25, 0.3) is 11.3 Å². The van der Waals surface area contributed by atoms with Gasteiger partial charge in [0.1, 0.15) is 0 Å². The van der Waals surface area contributed by atoms with E-state index >= 15 is 0 Å². The van der Waals surface area contributed by atoms with Crippen LogP contribution in [0.15, 0.2) is 24.8 Å². The maximum atomic E-state index is 12.2. The van der Waals surface area contributed by atoms with Gasteiger partial charge in [0.05, 0.1) is 23.8 Å². The lowest BCUT2D eigenvalue weighted by Gasteiger charge is -2.20. The van der Waals surface area contributed by atoms with E-state index in [1.165, 1.54) is 8.61 Å². The molecule has 0 aromatic carbocycles. The summed E-state index contributed by atoms with van der Waals surface area (Å²) in [4.78, 5) is 8.92. The third-order valence-corrected chi connectivity index (χ3v) is 6.13. The highest BCUT2D eigenvalue weighted by Crippen LogP contribution is 2.24. The Balaban J connectivity index is 1.69. The Morgan fingerprint density at radius 3 is 2.75 bits per heavy atom. The average Bonchev–Trinajstić information content (AvgIpc) is 3.17. The fourth-order valence-corrected chi connectivity index (χ4v) is 4.09. The maximum absolute atomic E-state index is 12.2. The van der Waals surface area contributed by atoms with E-state index in [2.05, 4.69) is 15.1 Å². The fourth-order valence-electron chi connectivity index (χ4n) is 2.90. The van der Waals surface area contributed by atoms with Gasteiger partial charge in [-0.3, -0.25) is 9.67 Å². The Bertz CT molecular complexity index is 817. The number of aryl methyl sites for hydroxylation is 1. The summed E-state index contributed by atoms with van der Waals surface area (Å²) >= 11 is 0. The lowest BCUT2D eigenvalue weighted by atomic mass is 10.0. The van der Waals surface area contributed by atoms with Gasteiger partial charge in [-0.15, -0.1) is 0 Å². The predicted octanol–water partition coefficient (Wildman–Crippen LogP) is 0.548. The third-order valence-electron chi connectivity index (χ3n) is 4.22. The Labute approximate surface area is 142 Å². The molecule has 130 valence electrons. The maximum Gasteiger partial charge on any atom is 0.281 e. The van der Waals surface area contributed by atoms with Crippen LogP contribution in [0.4, 0.5) is 0 Å². The van der Waals surface area contributed by atoms with Crippen molar-refractivity contribution in [1.29, 1.82) is 0 Å². The van der Waals surface area contributed by atoms with Crippen molar-refractivity contribution >= 4 is 10.2 Å². The molecule has 8 nitrogen and oxygen atoms in total. The topological polar surface area (TPSA) is 84.2 Å². The van der Waals surface area contributed by atoms with Gasteiger partial charge in [0.15, 0.2) is 0 Å². The normalized spacial score (nSPS) is 19.2. The molecule has 1 atom stereocenters. The summed E-state index contributed by atoms with van der Waals surface area (Å²) < 4.78 is 28.9. The Morgan fingerprint density at radius 2 is 2.08 bits per heavy atom. The third kappa shape index (κ3) is 3.47. The lowest BCUT2D eigenvalue weighted by molar-refractivity contribution is 0.409. The van der Waals surface area contributed by atoms with Crippen molar-refractivity contribution in [3.63, 3.8) is 0 Å². The smallest absolute Gasteiger partial charge is 0.275 e. The van der Waals surface area contributed by atoms with Gasteiger partial charge >= 0.3 is 0 Å². The first kappa shape index (κ1) is 17.0. The van der Waals surface area contributed by atoms with Crippen LogP contribution < -0.4 is 0 Å². The molecule has 9 heteroatoms. The standard InChI is InChI=1S/C15H22N6O2S/c1-19(2)24(22,23)21-5-4-12(10-21)6-14-8-16-9-15(18-14)13-7-17-20(3)11-13/h7-9,11-12H,4-6,10H2,1-3H3/t12-/m0/s1. The van der Waals surface area contributed by atoms with Crippen LogP contribution in [0.5, 0.6) is 0 Å². The molecule has 2 aromatic rings. The van der Waals surface area contributed by atoms with Crippen LogP contribution >= 0.6 is 0 Å². The van der Waals surface area contributed by atoms with Crippen LogP contribution in [0, 0.1) is 5.92 Å². The SMILES string of the molecule is CN(C)S(=O)(=O)N1CC[C@@H](Cc2cncc(-c3cnn(C)c3)n2)C1. The minimum atomic E-state index is -3.33. The van der Waals surface area contributed by atoms with Crippen molar-refractivity contribution in [2.45, 2.75) is 12.8 Å². The summed E-state index contributed by atoms with van der Waals surface area (Å²) in [7, 11) is 1.65. The first-order valence-electron chi connectivity index (χ1n) is 7.84. The minimum Gasteiger partial charge on any atom is -0.275 e. The monoisotopic (exact) mass is 350 g/mol. The molecule has 3 heterocycles. The zero-order valence-electron chi connectivity index (χ0n) is 14.1. The number of hydrogen-bond donors (Lipinski definition) is 0. The van der Waals surface area contributed by atoms with Gasteiger partial charge in [0.2, 0.25) is 0 Å². The van der Waals surface area contributed by atoms with E-state index < -0.39 is 10.2 Å². The summed E-state index contributed by atoms with van der Waals surface area (Å²) in [5.74, 6) is 0.262. The van der Waals surface area contributed by atoms with Crippen LogP contribution in [-0.2, 0) is 23.7 Å². The predicted molar refractivity (Wildman–Crippen MR) is 90.2 cm³/mol. The largest absolute Gasteiger partial charge is 0.281 e. The number of nitrogens with zero attached hydrogens (tertiary/aromatic N) is 6. The van der Waals surface area contributed by atoms with Crippen molar-refractivity contribution in [3.8, 4) is 11.3 Å². The Morgan fingerprint density at radius 1 is 1.29 bits per heavy atom. The molecule has 1 fully saturated rings. The van der Waals surface area contributed by atoms with Gasteiger partial charge < -0.3 is 0 Å². The molecule has 1 aliphatic rings. The van der Waals surface area contributed by atoms with E-state index in [9.17, 15) is 8.42 Å². The highest BCUT2D eigenvalue weighted by Gasteiger charge is 2.32. The zero-order chi connectivity index (χ0) is 17.3. The van der Waals surface area contributed by atoms with E-state index in [-0.39, 0.29) is 5.92 Å². The summed E-state index contributed by atoms with van der Waals surface area (Å²) in [5.41, 5.74) is 2.59. The molecule has 0 spiro atoms. The van der Waals surface area contributed by atoms with Crippen molar-refractivity contribution < 1.29 is 8.42 Å². The van der Waals surface area contributed by atoms with Crippen molar-refractivity contribution in [3.05, 3.63) is 30.5 Å². The van der Waals surface area contributed by atoms with Crippen LogP contribution in [0.3, 0.4) is 0 Å². The molecule has 0 amide bonds. The Kier molecular flexibility index (Phi) is 4.66. The quantitative estimate of drug-likeness (QED) is 0.786.